The van der Waals surface area contributed by atoms with Crippen molar-refractivity contribution in [2.75, 3.05) is 6.61 Å². The maximum Gasteiger partial charge on any atom is 0.338 e. The summed E-state index contributed by atoms with van der Waals surface area (Å²) >= 11 is 0. The van der Waals surface area contributed by atoms with Crippen molar-refractivity contribution in [2.24, 2.45) is 5.92 Å². The fourth-order valence-electron chi connectivity index (χ4n) is 4.18. The van der Waals surface area contributed by atoms with Crippen LogP contribution in [0.1, 0.15) is 62.7 Å². The van der Waals surface area contributed by atoms with Crippen LogP contribution in [0.4, 0.5) is 0 Å². The number of H-pyrrole nitrogens is 1. The van der Waals surface area contributed by atoms with Gasteiger partial charge in [0, 0.05) is 28.7 Å². The fraction of sp³-hybridized carbons (Fsp3) is 0.545. The van der Waals surface area contributed by atoms with Gasteiger partial charge < -0.3 is 14.6 Å². The zero-order valence-corrected chi connectivity index (χ0v) is 17.0. The summed E-state index contributed by atoms with van der Waals surface area (Å²) in [4.78, 5) is 30.1. The summed E-state index contributed by atoms with van der Waals surface area (Å²) < 4.78 is 5.32. The van der Waals surface area contributed by atoms with E-state index in [2.05, 4.69) is 11.9 Å². The van der Waals surface area contributed by atoms with Crippen molar-refractivity contribution in [3.63, 3.8) is 0 Å². The van der Waals surface area contributed by atoms with Gasteiger partial charge in [-0.1, -0.05) is 6.92 Å². The van der Waals surface area contributed by atoms with Crippen molar-refractivity contribution in [1.82, 2.24) is 9.88 Å². The Bertz CT molecular complexity index is 843. The minimum Gasteiger partial charge on any atom is -0.452 e. The van der Waals surface area contributed by atoms with Crippen LogP contribution in [0, 0.1) is 5.92 Å². The average molecular weight is 370 g/mol. The second-order valence-corrected chi connectivity index (χ2v) is 8.26. The molecule has 1 atom stereocenters. The van der Waals surface area contributed by atoms with Gasteiger partial charge in [0.2, 0.25) is 0 Å². The highest BCUT2D eigenvalue weighted by atomic mass is 16.5. The van der Waals surface area contributed by atoms with Gasteiger partial charge in [0.25, 0.3) is 5.91 Å². The normalized spacial score (nSPS) is 16.6. The third-order valence-corrected chi connectivity index (χ3v) is 5.40. The summed E-state index contributed by atoms with van der Waals surface area (Å²) in [6.07, 6.45) is 3.28. The van der Waals surface area contributed by atoms with E-state index in [9.17, 15) is 9.59 Å². The predicted molar refractivity (Wildman–Crippen MR) is 107 cm³/mol. The number of aromatic amines is 1. The first-order valence-corrected chi connectivity index (χ1v) is 9.89. The highest BCUT2D eigenvalue weighted by Gasteiger charge is 2.23. The van der Waals surface area contributed by atoms with Gasteiger partial charge in [-0.2, -0.15) is 0 Å². The van der Waals surface area contributed by atoms with Crippen LogP contribution < -0.4 is 0 Å². The van der Waals surface area contributed by atoms with E-state index in [1.807, 2.05) is 39.8 Å². The molecule has 1 N–H and O–H groups in total. The van der Waals surface area contributed by atoms with Gasteiger partial charge in [-0.3, -0.25) is 4.79 Å². The van der Waals surface area contributed by atoms with Crippen LogP contribution in [-0.4, -0.2) is 40.5 Å². The summed E-state index contributed by atoms with van der Waals surface area (Å²) in [5.74, 6) is 0.0431. The molecule has 1 aromatic carbocycles. The van der Waals surface area contributed by atoms with E-state index in [0.717, 1.165) is 23.7 Å². The van der Waals surface area contributed by atoms with Crippen molar-refractivity contribution in [3.05, 3.63) is 35.0 Å². The van der Waals surface area contributed by atoms with Gasteiger partial charge in [-0.05, 0) is 76.6 Å². The van der Waals surface area contributed by atoms with E-state index in [0.29, 0.717) is 11.5 Å². The number of carbonyl (C=O) groups excluding carboxylic acids is 2. The number of esters is 1. The zero-order valence-electron chi connectivity index (χ0n) is 17.0. The van der Waals surface area contributed by atoms with Crippen LogP contribution in [0.5, 0.6) is 0 Å². The molecule has 1 aliphatic rings. The topological polar surface area (TPSA) is 62.4 Å². The quantitative estimate of drug-likeness (QED) is 0.806. The monoisotopic (exact) mass is 370 g/mol. The van der Waals surface area contributed by atoms with Crippen LogP contribution in [0.15, 0.2) is 18.2 Å². The number of fused-ring (bicyclic) bond motifs is 3. The second-order valence-electron chi connectivity index (χ2n) is 8.26. The first-order valence-electron chi connectivity index (χ1n) is 9.89. The van der Waals surface area contributed by atoms with E-state index in [4.69, 9.17) is 4.74 Å². The molecule has 3 rings (SSSR count). The highest BCUT2D eigenvalue weighted by Crippen LogP contribution is 2.32. The number of nitrogens with zero attached hydrogens (tertiary/aromatic N) is 1. The first-order chi connectivity index (χ1) is 12.8. The van der Waals surface area contributed by atoms with Crippen molar-refractivity contribution in [2.45, 2.75) is 66.0 Å². The summed E-state index contributed by atoms with van der Waals surface area (Å²) in [6.45, 7) is 9.89. The Labute approximate surface area is 161 Å². The number of amides is 1. The van der Waals surface area contributed by atoms with Crippen LogP contribution in [0.2, 0.25) is 0 Å². The number of aryl methyl sites for hydroxylation is 1. The molecule has 0 aliphatic heterocycles. The molecular formula is C22H30N2O3. The number of aromatic nitrogens is 1. The third kappa shape index (κ3) is 4.02. The molecule has 1 aromatic heterocycles. The van der Waals surface area contributed by atoms with Crippen molar-refractivity contribution < 1.29 is 14.3 Å². The van der Waals surface area contributed by atoms with Crippen LogP contribution >= 0.6 is 0 Å². The molecule has 1 heterocycles. The summed E-state index contributed by atoms with van der Waals surface area (Å²) in [7, 11) is 0. The SMILES string of the molecule is CC(C)N(C(=O)COC(=O)c1ccc2[nH]c3c(c2c1)C[C@@H](C)CC3)C(C)C. The van der Waals surface area contributed by atoms with Crippen LogP contribution in [0.3, 0.4) is 0 Å². The molecule has 2 aromatic rings. The molecule has 5 nitrogen and oxygen atoms in total. The van der Waals surface area contributed by atoms with E-state index < -0.39 is 5.97 Å². The van der Waals surface area contributed by atoms with Gasteiger partial charge in [0.1, 0.15) is 0 Å². The minimum atomic E-state index is -0.448. The van der Waals surface area contributed by atoms with E-state index >= 15 is 0 Å². The van der Waals surface area contributed by atoms with Crippen molar-refractivity contribution in [1.29, 1.82) is 0 Å². The molecule has 5 heteroatoms. The highest BCUT2D eigenvalue weighted by molar-refractivity contribution is 5.97. The molecule has 0 saturated carbocycles. The Balaban J connectivity index is 1.74. The van der Waals surface area contributed by atoms with Gasteiger partial charge in [0.05, 0.1) is 5.56 Å². The molecule has 0 bridgehead atoms. The minimum absolute atomic E-state index is 0.0703. The molecule has 27 heavy (non-hydrogen) atoms. The molecule has 1 amide bonds. The lowest BCUT2D eigenvalue weighted by Gasteiger charge is -2.30. The van der Waals surface area contributed by atoms with Crippen molar-refractivity contribution in [3.8, 4) is 0 Å². The fourth-order valence-corrected chi connectivity index (χ4v) is 4.18. The summed E-state index contributed by atoms with van der Waals surface area (Å²) in [5.41, 5.74) is 4.16. The molecule has 1 aliphatic carbocycles. The summed E-state index contributed by atoms with van der Waals surface area (Å²) in [6, 6.07) is 5.74. The molecule has 0 fully saturated rings. The number of ether oxygens (including phenoxy) is 1. The number of rotatable bonds is 5. The second kappa shape index (κ2) is 7.75. The largest absolute Gasteiger partial charge is 0.452 e. The lowest BCUT2D eigenvalue weighted by molar-refractivity contribution is -0.138. The average Bonchev–Trinajstić information content (AvgIpc) is 2.96. The lowest BCUT2D eigenvalue weighted by atomic mass is 9.87. The molecule has 0 radical (unpaired) electrons. The molecule has 0 saturated heterocycles. The van der Waals surface area contributed by atoms with Crippen LogP contribution in [-0.2, 0) is 22.4 Å². The standard InChI is InChI=1S/C22H30N2O3/c1-13(2)24(14(3)4)21(25)12-27-22(26)16-7-9-20-18(11-16)17-10-15(5)6-8-19(17)23-20/h7,9,11,13-15,23H,6,8,10,12H2,1-5H3/t15-/m0/s1. The number of nitrogens with one attached hydrogen (secondary N) is 1. The predicted octanol–water partition coefficient (Wildman–Crippen LogP) is 4.09. The Morgan fingerprint density at radius 1 is 1.22 bits per heavy atom. The maximum atomic E-state index is 12.5. The molecule has 0 spiro atoms. The maximum absolute atomic E-state index is 12.5. The van der Waals surface area contributed by atoms with E-state index in [-0.39, 0.29) is 24.6 Å². The molecular weight excluding hydrogens is 340 g/mol. The molecule has 146 valence electrons. The Hall–Kier alpha value is -2.30. The third-order valence-electron chi connectivity index (χ3n) is 5.40. The number of carbonyl (C=O) groups is 2. The van der Waals surface area contributed by atoms with Crippen molar-refractivity contribution >= 4 is 22.8 Å². The van der Waals surface area contributed by atoms with E-state index in [1.165, 1.54) is 17.7 Å². The first kappa shape index (κ1) is 19.5. The Morgan fingerprint density at radius 2 is 1.93 bits per heavy atom. The number of hydrogen-bond donors (Lipinski definition) is 1. The Morgan fingerprint density at radius 3 is 2.59 bits per heavy atom. The lowest BCUT2D eigenvalue weighted by Crippen LogP contribution is -2.44. The smallest absolute Gasteiger partial charge is 0.338 e. The zero-order chi connectivity index (χ0) is 19.7. The summed E-state index contributed by atoms with van der Waals surface area (Å²) in [5, 5.41) is 1.10. The number of hydrogen-bond acceptors (Lipinski definition) is 3. The van der Waals surface area contributed by atoms with Gasteiger partial charge in [0.15, 0.2) is 6.61 Å². The van der Waals surface area contributed by atoms with Gasteiger partial charge >= 0.3 is 5.97 Å². The van der Waals surface area contributed by atoms with E-state index in [1.54, 1.807) is 11.0 Å². The van der Waals surface area contributed by atoms with Crippen LogP contribution in [0.25, 0.3) is 10.9 Å². The number of benzene rings is 1. The van der Waals surface area contributed by atoms with Gasteiger partial charge in [-0.25, -0.2) is 4.79 Å². The van der Waals surface area contributed by atoms with Gasteiger partial charge in [-0.15, -0.1) is 0 Å². The Kier molecular flexibility index (Phi) is 5.59. The molecule has 0 unspecified atom stereocenters.